The van der Waals surface area contributed by atoms with E-state index in [1.807, 2.05) is 0 Å². The van der Waals surface area contributed by atoms with Gasteiger partial charge in [-0.05, 0) is 6.42 Å². The quantitative estimate of drug-likeness (QED) is 0.117. The summed E-state index contributed by atoms with van der Waals surface area (Å²) >= 11 is 6.50. The van der Waals surface area contributed by atoms with Crippen LogP contribution in [-0.2, 0) is 24.0 Å². The molecular formula is C23H32ClN7O6S. The number of nitrogens with zero attached hydrogens (tertiary/aromatic N) is 3. The third-order valence-corrected chi connectivity index (χ3v) is 7.18. The summed E-state index contributed by atoms with van der Waals surface area (Å²) in [6.45, 7) is 2.97. The minimum Gasteiger partial charge on any atom is -0.352 e. The van der Waals surface area contributed by atoms with Crippen molar-refractivity contribution in [2.45, 2.75) is 57.5 Å². The fourth-order valence-corrected chi connectivity index (χ4v) is 4.75. The van der Waals surface area contributed by atoms with Gasteiger partial charge in [0.1, 0.15) is 11.9 Å². The SMILES string of the molecule is CCCCCCCCN1CCN(C(=O)NC(C(=O)NC2CNC2=O)c2csc(NC(=O)CCl)n2)C(=O)C1=O. The molecule has 2 saturated heterocycles. The number of alkyl halides is 1. The number of carbonyl (C=O) groups is 6. The van der Waals surface area contributed by atoms with Crippen LogP contribution >= 0.6 is 22.9 Å². The second-order valence-electron chi connectivity index (χ2n) is 8.96. The molecule has 13 nitrogen and oxygen atoms in total. The number of thiazole rings is 1. The van der Waals surface area contributed by atoms with Crippen molar-refractivity contribution in [2.24, 2.45) is 0 Å². The summed E-state index contributed by atoms with van der Waals surface area (Å²) in [7, 11) is 0. The number of unbranched alkanes of at least 4 members (excludes halogenated alkanes) is 5. The van der Waals surface area contributed by atoms with Gasteiger partial charge in [0.25, 0.3) is 0 Å². The third kappa shape index (κ3) is 7.63. The van der Waals surface area contributed by atoms with Crippen molar-refractivity contribution in [3.05, 3.63) is 11.1 Å². The number of urea groups is 1. The Hall–Kier alpha value is -3.26. The molecule has 2 unspecified atom stereocenters. The molecule has 2 fully saturated rings. The van der Waals surface area contributed by atoms with Crippen LogP contribution in [0.15, 0.2) is 5.38 Å². The molecule has 0 aromatic carbocycles. The number of piperazine rings is 1. The topological polar surface area (TPSA) is 170 Å². The van der Waals surface area contributed by atoms with Crippen LogP contribution in [0.5, 0.6) is 0 Å². The molecule has 4 N–H and O–H groups in total. The number of nitrogens with one attached hydrogen (secondary N) is 4. The minimum absolute atomic E-state index is 0.0281. The molecule has 38 heavy (non-hydrogen) atoms. The van der Waals surface area contributed by atoms with Crippen LogP contribution in [-0.4, -0.2) is 88.5 Å². The molecule has 0 spiro atoms. The average Bonchev–Trinajstić information content (AvgIpc) is 3.36. The molecule has 2 aliphatic rings. The summed E-state index contributed by atoms with van der Waals surface area (Å²) in [5.74, 6) is -3.67. The highest BCUT2D eigenvalue weighted by molar-refractivity contribution is 7.14. The maximum absolute atomic E-state index is 13.0. The van der Waals surface area contributed by atoms with E-state index in [2.05, 4.69) is 33.2 Å². The number of anilines is 1. The number of imide groups is 1. The molecule has 208 valence electrons. The summed E-state index contributed by atoms with van der Waals surface area (Å²) in [6.07, 6.45) is 6.25. The fourth-order valence-electron chi connectivity index (χ4n) is 3.93. The first-order valence-corrected chi connectivity index (χ1v) is 14.0. The Bertz CT molecular complexity index is 1070. The van der Waals surface area contributed by atoms with Crippen molar-refractivity contribution in [3.8, 4) is 0 Å². The Morgan fingerprint density at radius 3 is 2.53 bits per heavy atom. The number of β-lactam (4-membered cyclic amide) rings is 1. The number of hydrogen-bond acceptors (Lipinski definition) is 8. The largest absolute Gasteiger partial charge is 0.352 e. The first-order valence-electron chi connectivity index (χ1n) is 12.6. The lowest BCUT2D eigenvalue weighted by atomic mass is 10.1. The number of hydrogen-bond donors (Lipinski definition) is 4. The molecule has 0 radical (unpaired) electrons. The maximum atomic E-state index is 13.0. The van der Waals surface area contributed by atoms with E-state index in [0.29, 0.717) is 6.54 Å². The van der Waals surface area contributed by atoms with Crippen molar-refractivity contribution in [3.63, 3.8) is 0 Å². The predicted octanol–water partition coefficient (Wildman–Crippen LogP) is 0.717. The van der Waals surface area contributed by atoms with Crippen LogP contribution in [0, 0.1) is 0 Å². The molecule has 3 heterocycles. The van der Waals surface area contributed by atoms with Crippen molar-refractivity contribution in [1.29, 1.82) is 0 Å². The molecule has 0 aliphatic carbocycles. The van der Waals surface area contributed by atoms with Gasteiger partial charge in [-0.25, -0.2) is 9.78 Å². The van der Waals surface area contributed by atoms with Gasteiger partial charge in [-0.15, -0.1) is 22.9 Å². The third-order valence-electron chi connectivity index (χ3n) is 6.16. The van der Waals surface area contributed by atoms with Gasteiger partial charge in [0.2, 0.25) is 17.7 Å². The van der Waals surface area contributed by atoms with Crippen molar-refractivity contribution in [1.82, 2.24) is 30.7 Å². The Balaban J connectivity index is 1.63. The zero-order chi connectivity index (χ0) is 27.7. The lowest BCUT2D eigenvalue weighted by Gasteiger charge is -2.33. The van der Waals surface area contributed by atoms with Crippen LogP contribution in [0.3, 0.4) is 0 Å². The zero-order valence-corrected chi connectivity index (χ0v) is 22.7. The molecular weight excluding hydrogens is 538 g/mol. The van der Waals surface area contributed by atoms with Gasteiger partial charge in [0, 0.05) is 31.6 Å². The van der Waals surface area contributed by atoms with Gasteiger partial charge in [-0.3, -0.25) is 28.9 Å². The van der Waals surface area contributed by atoms with Crippen LogP contribution < -0.4 is 21.3 Å². The number of carbonyl (C=O) groups excluding carboxylic acids is 6. The Labute approximate surface area is 229 Å². The summed E-state index contributed by atoms with van der Waals surface area (Å²) < 4.78 is 0. The summed E-state index contributed by atoms with van der Waals surface area (Å²) in [4.78, 5) is 80.9. The zero-order valence-electron chi connectivity index (χ0n) is 21.1. The summed E-state index contributed by atoms with van der Waals surface area (Å²) in [5, 5.41) is 11.5. The van der Waals surface area contributed by atoms with E-state index in [1.54, 1.807) is 0 Å². The lowest BCUT2D eigenvalue weighted by Crippen LogP contribution is -2.63. The Morgan fingerprint density at radius 1 is 1.13 bits per heavy atom. The van der Waals surface area contributed by atoms with Crippen LogP contribution in [0.2, 0.25) is 0 Å². The van der Waals surface area contributed by atoms with Crippen molar-refractivity contribution in [2.75, 3.05) is 37.4 Å². The molecule has 15 heteroatoms. The first kappa shape index (κ1) is 29.3. The monoisotopic (exact) mass is 569 g/mol. The Kier molecular flexibility index (Phi) is 10.8. The number of rotatable bonds is 13. The van der Waals surface area contributed by atoms with Gasteiger partial charge in [0.05, 0.1) is 5.69 Å². The van der Waals surface area contributed by atoms with E-state index in [0.717, 1.165) is 48.3 Å². The second-order valence-corrected chi connectivity index (χ2v) is 10.1. The normalized spacial score (nSPS) is 17.9. The smallest absolute Gasteiger partial charge is 0.325 e. The van der Waals surface area contributed by atoms with Gasteiger partial charge < -0.3 is 26.2 Å². The van der Waals surface area contributed by atoms with Crippen LogP contribution in [0.4, 0.5) is 9.93 Å². The molecule has 7 amide bonds. The molecule has 1 aromatic rings. The predicted molar refractivity (Wildman–Crippen MR) is 139 cm³/mol. The van der Waals surface area contributed by atoms with Crippen molar-refractivity contribution < 1.29 is 28.8 Å². The van der Waals surface area contributed by atoms with E-state index in [9.17, 15) is 28.8 Å². The fraction of sp³-hybridized carbons (Fsp3) is 0.609. The Morgan fingerprint density at radius 2 is 1.87 bits per heavy atom. The van der Waals surface area contributed by atoms with Crippen LogP contribution in [0.25, 0.3) is 0 Å². The first-order chi connectivity index (χ1) is 18.2. The number of halogens is 1. The number of amides is 7. The molecule has 0 saturated carbocycles. The van der Waals surface area contributed by atoms with E-state index < -0.39 is 41.7 Å². The molecule has 0 bridgehead atoms. The molecule has 3 rings (SSSR count). The van der Waals surface area contributed by atoms with Gasteiger partial charge in [0.15, 0.2) is 11.2 Å². The lowest BCUT2D eigenvalue weighted by molar-refractivity contribution is -0.153. The standard InChI is InChI=1S/C23H32ClN7O6S/c1-2-3-4-5-6-7-8-30-9-10-31(21(36)20(30)35)23(37)29-17(19(34)26-14-12-25-18(14)33)15-13-38-22(27-15)28-16(32)11-24/h13-14,17H,2-12H2,1H3,(H,25,33)(H,26,34)(H,29,37)(H,27,28,32). The second kappa shape index (κ2) is 14.0. The average molecular weight is 570 g/mol. The summed E-state index contributed by atoms with van der Waals surface area (Å²) in [5.41, 5.74) is 0.0749. The van der Waals surface area contributed by atoms with Crippen LogP contribution in [0.1, 0.15) is 57.2 Å². The van der Waals surface area contributed by atoms with E-state index >= 15 is 0 Å². The highest BCUT2D eigenvalue weighted by Crippen LogP contribution is 2.22. The minimum atomic E-state index is -1.39. The van der Waals surface area contributed by atoms with E-state index in [1.165, 1.54) is 16.7 Å². The number of aromatic nitrogens is 1. The highest BCUT2D eigenvalue weighted by atomic mass is 35.5. The molecule has 1 aromatic heterocycles. The highest BCUT2D eigenvalue weighted by Gasteiger charge is 2.39. The van der Waals surface area contributed by atoms with Crippen molar-refractivity contribution >= 4 is 63.6 Å². The van der Waals surface area contributed by atoms with Gasteiger partial charge >= 0.3 is 17.8 Å². The van der Waals surface area contributed by atoms with Gasteiger partial charge in [-0.1, -0.05) is 39.0 Å². The molecule has 2 atom stereocenters. The van der Waals surface area contributed by atoms with E-state index in [4.69, 9.17) is 11.6 Å². The molecule has 2 aliphatic heterocycles. The van der Waals surface area contributed by atoms with E-state index in [-0.39, 0.29) is 42.2 Å². The van der Waals surface area contributed by atoms with Gasteiger partial charge in [-0.2, -0.15) is 0 Å². The summed E-state index contributed by atoms with van der Waals surface area (Å²) in [6, 6.07) is -3.11. The maximum Gasteiger partial charge on any atom is 0.325 e.